The predicted molar refractivity (Wildman–Crippen MR) is 117 cm³/mol. The van der Waals surface area contributed by atoms with E-state index < -0.39 is 11.9 Å². The first-order valence-electron chi connectivity index (χ1n) is 10.0. The van der Waals surface area contributed by atoms with Gasteiger partial charge in [-0.2, -0.15) is 0 Å². The molecule has 1 aromatic heterocycles. The maximum atomic E-state index is 12.6. The summed E-state index contributed by atoms with van der Waals surface area (Å²) < 4.78 is 16.3. The molecule has 0 aliphatic heterocycles. The third-order valence-electron chi connectivity index (χ3n) is 4.85. The highest BCUT2D eigenvalue weighted by atomic mass is 16.5. The monoisotopic (exact) mass is 416 g/mol. The van der Waals surface area contributed by atoms with E-state index in [0.717, 1.165) is 12.8 Å². The van der Waals surface area contributed by atoms with E-state index in [1.165, 1.54) is 24.3 Å². The molecule has 0 radical (unpaired) electrons. The topological polar surface area (TPSA) is 82.8 Å². The van der Waals surface area contributed by atoms with Crippen LogP contribution in [0.1, 0.15) is 40.5 Å². The van der Waals surface area contributed by atoms with Gasteiger partial charge in [-0.3, -0.25) is 4.79 Å². The molecule has 0 atom stereocenters. The Morgan fingerprint density at radius 2 is 1.55 bits per heavy atom. The zero-order valence-corrected chi connectivity index (χ0v) is 16.9. The molecular formula is C25H20O6. The van der Waals surface area contributed by atoms with Crippen molar-refractivity contribution in [2.24, 2.45) is 0 Å². The maximum absolute atomic E-state index is 12.6. The largest absolute Gasteiger partial charge is 0.462 e. The number of unbranched alkanes of at least 4 members (excludes halogenated alkanes) is 1. The first-order valence-corrected chi connectivity index (χ1v) is 10.0. The number of hydrogen-bond donors (Lipinski definition) is 0. The quantitative estimate of drug-likeness (QED) is 0.188. The van der Waals surface area contributed by atoms with Gasteiger partial charge in [0, 0.05) is 0 Å². The Kier molecular flexibility index (Phi) is 5.80. The van der Waals surface area contributed by atoms with Gasteiger partial charge in [0.05, 0.1) is 28.5 Å². The second-order valence-electron chi connectivity index (χ2n) is 7.04. The lowest BCUT2D eigenvalue weighted by molar-refractivity contribution is 0.0499. The number of carbonyl (C=O) groups is 2. The molecule has 6 heteroatoms. The Labute approximate surface area is 178 Å². The number of rotatable bonds is 6. The van der Waals surface area contributed by atoms with Crippen LogP contribution in [0.2, 0.25) is 0 Å². The van der Waals surface area contributed by atoms with Crippen molar-refractivity contribution in [1.82, 2.24) is 0 Å². The highest BCUT2D eigenvalue weighted by Gasteiger charge is 2.14. The standard InChI is InChI=1S/C25H20O6/c1-2-3-14-29-24(27)16-8-11-18(12-9-16)30-25(28)17-10-13-20-22(15-17)31-21-7-5-4-6-19(21)23(20)26/h4-13,15H,2-3,14H2,1H3. The zero-order valence-electron chi connectivity index (χ0n) is 16.9. The lowest BCUT2D eigenvalue weighted by Crippen LogP contribution is -2.10. The second-order valence-corrected chi connectivity index (χ2v) is 7.04. The molecule has 0 saturated heterocycles. The molecule has 0 bridgehead atoms. The molecule has 1 heterocycles. The van der Waals surface area contributed by atoms with E-state index in [2.05, 4.69) is 0 Å². The number of hydrogen-bond acceptors (Lipinski definition) is 6. The average Bonchev–Trinajstić information content (AvgIpc) is 2.79. The molecule has 0 fully saturated rings. The van der Waals surface area contributed by atoms with Crippen LogP contribution in [0.5, 0.6) is 5.75 Å². The van der Waals surface area contributed by atoms with Crippen LogP contribution in [0.15, 0.2) is 75.9 Å². The Morgan fingerprint density at radius 1 is 0.839 bits per heavy atom. The van der Waals surface area contributed by atoms with Gasteiger partial charge in [0.1, 0.15) is 16.9 Å². The summed E-state index contributed by atoms with van der Waals surface area (Å²) >= 11 is 0. The molecule has 0 unspecified atom stereocenters. The summed E-state index contributed by atoms with van der Waals surface area (Å²) in [6.45, 7) is 2.39. The SMILES string of the molecule is CCCCOC(=O)c1ccc(OC(=O)c2ccc3c(=O)c4ccccc4oc3c2)cc1. The molecule has 0 aliphatic rings. The van der Waals surface area contributed by atoms with Gasteiger partial charge in [0.15, 0.2) is 0 Å². The summed E-state index contributed by atoms with van der Waals surface area (Å²) in [5.41, 5.74) is 1.23. The van der Waals surface area contributed by atoms with Gasteiger partial charge in [-0.15, -0.1) is 0 Å². The summed E-state index contributed by atoms with van der Waals surface area (Å²) in [6, 6.07) is 17.7. The Hall–Kier alpha value is -3.93. The van der Waals surface area contributed by atoms with Crippen LogP contribution in [0.4, 0.5) is 0 Å². The van der Waals surface area contributed by atoms with Crippen LogP contribution >= 0.6 is 0 Å². The number of carbonyl (C=O) groups excluding carboxylic acids is 2. The van der Waals surface area contributed by atoms with Crippen molar-refractivity contribution in [1.29, 1.82) is 0 Å². The third-order valence-corrected chi connectivity index (χ3v) is 4.85. The minimum atomic E-state index is -0.601. The van der Waals surface area contributed by atoms with E-state index in [1.807, 2.05) is 6.92 Å². The van der Waals surface area contributed by atoms with Gasteiger partial charge < -0.3 is 13.9 Å². The lowest BCUT2D eigenvalue weighted by Gasteiger charge is -2.07. The minimum absolute atomic E-state index is 0.154. The summed E-state index contributed by atoms with van der Waals surface area (Å²) in [6.07, 6.45) is 1.75. The van der Waals surface area contributed by atoms with E-state index in [0.29, 0.717) is 34.1 Å². The fraction of sp³-hybridized carbons (Fsp3) is 0.160. The van der Waals surface area contributed by atoms with Crippen molar-refractivity contribution < 1.29 is 23.5 Å². The number of fused-ring (bicyclic) bond motifs is 2. The Bertz CT molecular complexity index is 1320. The van der Waals surface area contributed by atoms with E-state index >= 15 is 0 Å². The van der Waals surface area contributed by atoms with Gasteiger partial charge in [0.2, 0.25) is 5.43 Å². The molecule has 6 nitrogen and oxygen atoms in total. The molecule has 0 N–H and O–H groups in total. The second kappa shape index (κ2) is 8.83. The predicted octanol–water partition coefficient (Wildman–Crippen LogP) is 5.12. The minimum Gasteiger partial charge on any atom is -0.462 e. The third kappa shape index (κ3) is 4.33. The average molecular weight is 416 g/mol. The molecule has 0 amide bonds. The summed E-state index contributed by atoms with van der Waals surface area (Å²) in [7, 11) is 0. The molecule has 4 rings (SSSR count). The number of esters is 2. The van der Waals surface area contributed by atoms with Crippen LogP contribution in [0, 0.1) is 0 Å². The van der Waals surface area contributed by atoms with E-state index in [4.69, 9.17) is 13.9 Å². The van der Waals surface area contributed by atoms with E-state index in [9.17, 15) is 14.4 Å². The summed E-state index contributed by atoms with van der Waals surface area (Å²) in [5, 5.41) is 0.875. The zero-order chi connectivity index (χ0) is 21.8. The molecule has 4 aromatic rings. The van der Waals surface area contributed by atoms with Crippen LogP contribution in [-0.4, -0.2) is 18.5 Å². The highest BCUT2D eigenvalue weighted by Crippen LogP contribution is 2.21. The van der Waals surface area contributed by atoms with Crippen LogP contribution in [0.3, 0.4) is 0 Å². The van der Waals surface area contributed by atoms with Crippen LogP contribution in [0.25, 0.3) is 21.9 Å². The van der Waals surface area contributed by atoms with Gasteiger partial charge in [-0.1, -0.05) is 25.5 Å². The van der Waals surface area contributed by atoms with Crippen LogP contribution < -0.4 is 10.2 Å². The molecular weight excluding hydrogens is 396 g/mol. The highest BCUT2D eigenvalue weighted by molar-refractivity contribution is 5.97. The molecule has 0 aliphatic carbocycles. The van der Waals surface area contributed by atoms with Gasteiger partial charge in [-0.05, 0) is 61.0 Å². The van der Waals surface area contributed by atoms with Crippen LogP contribution in [-0.2, 0) is 4.74 Å². The fourth-order valence-electron chi connectivity index (χ4n) is 3.15. The molecule has 3 aromatic carbocycles. The van der Waals surface area contributed by atoms with Crippen molar-refractivity contribution in [2.75, 3.05) is 6.61 Å². The number of ether oxygens (including phenoxy) is 2. The number of para-hydroxylation sites is 1. The Balaban J connectivity index is 1.52. The summed E-state index contributed by atoms with van der Waals surface area (Å²) in [5.74, 6) is -0.728. The van der Waals surface area contributed by atoms with Gasteiger partial charge in [0.25, 0.3) is 0 Å². The van der Waals surface area contributed by atoms with Gasteiger partial charge in [-0.25, -0.2) is 9.59 Å². The maximum Gasteiger partial charge on any atom is 0.343 e. The van der Waals surface area contributed by atoms with Gasteiger partial charge >= 0.3 is 11.9 Å². The molecule has 31 heavy (non-hydrogen) atoms. The van der Waals surface area contributed by atoms with Crippen molar-refractivity contribution in [3.05, 3.63) is 88.1 Å². The molecule has 0 saturated carbocycles. The van der Waals surface area contributed by atoms with E-state index in [1.54, 1.807) is 42.5 Å². The fourth-order valence-corrected chi connectivity index (χ4v) is 3.15. The lowest BCUT2D eigenvalue weighted by atomic mass is 10.1. The van der Waals surface area contributed by atoms with Crippen molar-refractivity contribution in [2.45, 2.75) is 19.8 Å². The Morgan fingerprint density at radius 3 is 2.32 bits per heavy atom. The number of benzene rings is 3. The van der Waals surface area contributed by atoms with Crippen molar-refractivity contribution >= 4 is 33.9 Å². The van der Waals surface area contributed by atoms with E-state index in [-0.39, 0.29) is 16.7 Å². The first kappa shape index (κ1) is 20.3. The summed E-state index contributed by atoms with van der Waals surface area (Å²) in [4.78, 5) is 37.1. The van der Waals surface area contributed by atoms with Crippen molar-refractivity contribution in [3.8, 4) is 5.75 Å². The molecule has 156 valence electrons. The normalized spacial score (nSPS) is 10.9. The van der Waals surface area contributed by atoms with Crippen molar-refractivity contribution in [3.63, 3.8) is 0 Å². The molecule has 0 spiro atoms. The smallest absolute Gasteiger partial charge is 0.343 e. The first-order chi connectivity index (χ1) is 15.1.